The highest BCUT2D eigenvalue weighted by Gasteiger charge is 2.46. The maximum Gasteiger partial charge on any atom is 0.181 e. The molecule has 0 N–H and O–H groups in total. The molecule has 1 heterocycles. The average Bonchev–Trinajstić information content (AvgIpc) is 2.25. The van der Waals surface area contributed by atoms with E-state index in [9.17, 15) is 0 Å². The van der Waals surface area contributed by atoms with Crippen molar-refractivity contribution in [2.45, 2.75) is 51.9 Å². The lowest BCUT2D eigenvalue weighted by Gasteiger charge is -2.35. The molecule has 0 aromatic rings. The van der Waals surface area contributed by atoms with E-state index in [0.717, 1.165) is 5.90 Å². The van der Waals surface area contributed by atoms with Gasteiger partial charge in [-0.25, -0.2) is 4.99 Å². The van der Waals surface area contributed by atoms with Crippen LogP contribution in [-0.2, 0) is 9.47 Å². The summed E-state index contributed by atoms with van der Waals surface area (Å²) in [4.78, 5) is 4.45. The molecule has 0 amide bonds. The standard InChI is InChI=1S/C10H19NO2/c1-7-11-8(9(2,3)12-6)10(4,5)13-7/h8H,1-6H3. The third-order valence-electron chi connectivity index (χ3n) is 2.56. The first-order valence-electron chi connectivity index (χ1n) is 4.58. The van der Waals surface area contributed by atoms with Gasteiger partial charge in [-0.15, -0.1) is 0 Å². The highest BCUT2D eigenvalue weighted by Crippen LogP contribution is 2.34. The minimum absolute atomic E-state index is 0.0602. The van der Waals surface area contributed by atoms with Crippen LogP contribution in [0.3, 0.4) is 0 Å². The number of hydrogen-bond donors (Lipinski definition) is 0. The number of methoxy groups -OCH3 is 1. The van der Waals surface area contributed by atoms with Gasteiger partial charge in [-0.1, -0.05) is 0 Å². The fraction of sp³-hybridized carbons (Fsp3) is 0.900. The number of hydrogen-bond acceptors (Lipinski definition) is 3. The fourth-order valence-corrected chi connectivity index (χ4v) is 1.90. The molecule has 3 heteroatoms. The Balaban J connectivity index is 2.91. The predicted molar refractivity (Wildman–Crippen MR) is 53.1 cm³/mol. The summed E-state index contributed by atoms with van der Waals surface area (Å²) in [5.41, 5.74) is -0.537. The van der Waals surface area contributed by atoms with Crippen molar-refractivity contribution in [2.75, 3.05) is 7.11 Å². The molecule has 0 saturated carbocycles. The second-order valence-electron chi connectivity index (χ2n) is 4.56. The maximum atomic E-state index is 5.62. The second-order valence-corrected chi connectivity index (χ2v) is 4.56. The van der Waals surface area contributed by atoms with Crippen LogP contribution in [0.4, 0.5) is 0 Å². The molecule has 13 heavy (non-hydrogen) atoms. The Bertz CT molecular complexity index is 231. The maximum absolute atomic E-state index is 5.62. The van der Waals surface area contributed by atoms with E-state index in [1.54, 1.807) is 7.11 Å². The minimum Gasteiger partial charge on any atom is -0.473 e. The zero-order chi connectivity index (χ0) is 10.3. The molecule has 0 fully saturated rings. The van der Waals surface area contributed by atoms with Crippen LogP contribution >= 0.6 is 0 Å². The number of rotatable bonds is 2. The lowest BCUT2D eigenvalue weighted by atomic mass is 9.86. The Morgan fingerprint density at radius 2 is 2.00 bits per heavy atom. The average molecular weight is 185 g/mol. The number of aliphatic imine (C=N–C) groups is 1. The molecule has 1 aliphatic rings. The van der Waals surface area contributed by atoms with E-state index in [0.29, 0.717) is 0 Å². The number of ether oxygens (including phenoxy) is 2. The Hall–Kier alpha value is -0.570. The quantitative estimate of drug-likeness (QED) is 0.659. The van der Waals surface area contributed by atoms with Crippen LogP contribution < -0.4 is 0 Å². The predicted octanol–water partition coefficient (Wildman–Crippen LogP) is 2.01. The first-order chi connectivity index (χ1) is 5.79. The van der Waals surface area contributed by atoms with Crippen molar-refractivity contribution < 1.29 is 9.47 Å². The van der Waals surface area contributed by atoms with Gasteiger partial charge in [-0.3, -0.25) is 0 Å². The molecule has 1 unspecified atom stereocenters. The van der Waals surface area contributed by atoms with Crippen LogP contribution in [0.25, 0.3) is 0 Å². The Labute approximate surface area is 80.1 Å². The summed E-state index contributed by atoms with van der Waals surface area (Å²) < 4.78 is 11.0. The highest BCUT2D eigenvalue weighted by atomic mass is 16.5. The lowest BCUT2D eigenvalue weighted by molar-refractivity contribution is -0.0494. The topological polar surface area (TPSA) is 30.8 Å². The highest BCUT2D eigenvalue weighted by molar-refractivity contribution is 5.76. The van der Waals surface area contributed by atoms with E-state index in [1.807, 2.05) is 34.6 Å². The molecular formula is C10H19NO2. The van der Waals surface area contributed by atoms with Crippen LogP contribution in [0.15, 0.2) is 4.99 Å². The van der Waals surface area contributed by atoms with E-state index in [1.165, 1.54) is 0 Å². The van der Waals surface area contributed by atoms with E-state index in [4.69, 9.17) is 9.47 Å². The van der Waals surface area contributed by atoms with Crippen LogP contribution in [-0.4, -0.2) is 30.3 Å². The molecule has 1 atom stereocenters. The molecule has 0 bridgehead atoms. The first-order valence-corrected chi connectivity index (χ1v) is 4.58. The fourth-order valence-electron chi connectivity index (χ4n) is 1.90. The van der Waals surface area contributed by atoms with Crippen molar-refractivity contribution in [3.63, 3.8) is 0 Å². The van der Waals surface area contributed by atoms with Crippen LogP contribution in [0.5, 0.6) is 0 Å². The van der Waals surface area contributed by atoms with E-state index in [2.05, 4.69) is 4.99 Å². The van der Waals surface area contributed by atoms with Gasteiger partial charge in [-0.05, 0) is 27.7 Å². The summed E-state index contributed by atoms with van der Waals surface area (Å²) in [5, 5.41) is 0. The summed E-state index contributed by atoms with van der Waals surface area (Å²) in [5.74, 6) is 0.750. The molecule has 0 radical (unpaired) electrons. The van der Waals surface area contributed by atoms with Gasteiger partial charge in [0.1, 0.15) is 11.6 Å². The van der Waals surface area contributed by atoms with Crippen molar-refractivity contribution >= 4 is 5.90 Å². The zero-order valence-electron chi connectivity index (χ0n) is 9.34. The largest absolute Gasteiger partial charge is 0.473 e. The smallest absolute Gasteiger partial charge is 0.181 e. The summed E-state index contributed by atoms with van der Waals surface area (Å²) in [7, 11) is 1.71. The molecule has 0 saturated heterocycles. The van der Waals surface area contributed by atoms with Crippen molar-refractivity contribution in [1.29, 1.82) is 0 Å². The molecule has 0 aromatic carbocycles. The van der Waals surface area contributed by atoms with E-state index >= 15 is 0 Å². The monoisotopic (exact) mass is 185 g/mol. The summed E-state index contributed by atoms with van der Waals surface area (Å²) in [6.45, 7) is 10.0. The van der Waals surface area contributed by atoms with Gasteiger partial charge in [-0.2, -0.15) is 0 Å². The molecule has 76 valence electrons. The lowest BCUT2D eigenvalue weighted by Crippen LogP contribution is -2.48. The third kappa shape index (κ3) is 1.85. The Morgan fingerprint density at radius 1 is 1.46 bits per heavy atom. The van der Waals surface area contributed by atoms with Gasteiger partial charge in [0, 0.05) is 14.0 Å². The van der Waals surface area contributed by atoms with Gasteiger partial charge in [0.25, 0.3) is 0 Å². The van der Waals surface area contributed by atoms with Crippen molar-refractivity contribution in [3.05, 3.63) is 0 Å². The van der Waals surface area contributed by atoms with Gasteiger partial charge in [0.05, 0.1) is 5.60 Å². The summed E-state index contributed by atoms with van der Waals surface area (Å²) >= 11 is 0. The van der Waals surface area contributed by atoms with E-state index < -0.39 is 0 Å². The van der Waals surface area contributed by atoms with Crippen molar-refractivity contribution in [3.8, 4) is 0 Å². The van der Waals surface area contributed by atoms with Gasteiger partial charge < -0.3 is 9.47 Å². The molecule has 1 aliphatic heterocycles. The van der Waals surface area contributed by atoms with Crippen LogP contribution in [0.2, 0.25) is 0 Å². The van der Waals surface area contributed by atoms with E-state index in [-0.39, 0.29) is 17.2 Å². The number of nitrogens with zero attached hydrogens (tertiary/aromatic N) is 1. The Kier molecular flexibility index (Phi) is 2.41. The zero-order valence-corrected chi connectivity index (χ0v) is 9.34. The second kappa shape index (κ2) is 2.98. The molecule has 0 spiro atoms. The van der Waals surface area contributed by atoms with Crippen LogP contribution in [0, 0.1) is 0 Å². The molecule has 0 aliphatic carbocycles. The van der Waals surface area contributed by atoms with Crippen molar-refractivity contribution in [1.82, 2.24) is 0 Å². The normalized spacial score (nSPS) is 26.9. The SMILES string of the molecule is COC(C)(C)C1N=C(C)OC1(C)C. The van der Waals surface area contributed by atoms with Gasteiger partial charge in [0.2, 0.25) is 0 Å². The Morgan fingerprint density at radius 3 is 2.31 bits per heavy atom. The van der Waals surface area contributed by atoms with Gasteiger partial charge in [0.15, 0.2) is 5.90 Å². The summed E-state index contributed by atoms with van der Waals surface area (Å²) in [6.07, 6.45) is 0. The first kappa shape index (κ1) is 10.5. The van der Waals surface area contributed by atoms with Crippen LogP contribution in [0.1, 0.15) is 34.6 Å². The summed E-state index contributed by atoms with van der Waals surface area (Å²) in [6, 6.07) is 0.0602. The van der Waals surface area contributed by atoms with Gasteiger partial charge >= 0.3 is 0 Å². The third-order valence-corrected chi connectivity index (χ3v) is 2.56. The molecular weight excluding hydrogens is 166 g/mol. The van der Waals surface area contributed by atoms with Crippen molar-refractivity contribution in [2.24, 2.45) is 4.99 Å². The molecule has 1 rings (SSSR count). The molecule has 3 nitrogen and oxygen atoms in total. The molecule has 0 aromatic heterocycles. The minimum atomic E-state index is -0.277.